The van der Waals surface area contributed by atoms with Crippen molar-refractivity contribution in [3.8, 4) is 22.3 Å². The summed E-state index contributed by atoms with van der Waals surface area (Å²) in [6.45, 7) is 28.0. The van der Waals surface area contributed by atoms with Crippen molar-refractivity contribution in [2.75, 3.05) is 0 Å². The van der Waals surface area contributed by atoms with E-state index >= 15 is 0 Å². The summed E-state index contributed by atoms with van der Waals surface area (Å²) in [6, 6.07) is 24.1. The van der Waals surface area contributed by atoms with E-state index in [4.69, 9.17) is 0 Å². The van der Waals surface area contributed by atoms with Crippen LogP contribution in [-0.4, -0.2) is 0 Å². The molecule has 0 unspecified atom stereocenters. The second-order valence-corrected chi connectivity index (χ2v) is 17.5. The molecule has 0 nitrogen and oxygen atoms in total. The molecule has 0 saturated heterocycles. The molecule has 0 spiro atoms. The Bertz CT molecular complexity index is 1470. The summed E-state index contributed by atoms with van der Waals surface area (Å²) in [5, 5.41) is 0. The molecule has 0 aromatic rings. The molecule has 2 fully saturated rings. The Morgan fingerprint density at radius 1 is 0.375 bits per heavy atom. The molecule has 0 bridgehead atoms. The molecule has 0 aliphatic heterocycles. The summed E-state index contributed by atoms with van der Waals surface area (Å²) < 4.78 is 0. The normalized spacial score (nSPS) is 16.4. The molecule has 0 aromatic carbocycles. The van der Waals surface area contributed by atoms with E-state index in [0.717, 1.165) is 0 Å². The minimum atomic E-state index is 0. The largest absolute Gasteiger partial charge is 2.00 e. The van der Waals surface area contributed by atoms with Crippen molar-refractivity contribution in [3.05, 3.63) is 158 Å². The Kier molecular flexibility index (Phi) is 11.8. The van der Waals surface area contributed by atoms with Crippen LogP contribution in [0.3, 0.4) is 0 Å². The van der Waals surface area contributed by atoms with Crippen LogP contribution < -0.4 is 0 Å². The SMILES string of the molecule is CC(C)(C)c1ccc2c(C([C]3[CH][CH][CH][CH]3)c3cc(C(C)(C)C)c4ccc(C(C)(C)C)ccc3-4)cc(C(C)(C)C)c-2cc1.[CH]1[CH][CH][CH][CH]1.[Fe+2]. The van der Waals surface area contributed by atoms with Crippen molar-refractivity contribution < 1.29 is 17.1 Å². The van der Waals surface area contributed by atoms with Gasteiger partial charge in [0, 0.05) is 5.92 Å². The molecule has 0 heterocycles. The fourth-order valence-electron chi connectivity index (χ4n) is 6.91. The van der Waals surface area contributed by atoms with E-state index in [-0.39, 0.29) is 44.6 Å². The van der Waals surface area contributed by atoms with E-state index < -0.39 is 0 Å². The van der Waals surface area contributed by atoms with Crippen LogP contribution in [0.1, 0.15) is 122 Å². The molecule has 2 saturated carbocycles. The molecule has 48 heavy (non-hydrogen) atoms. The first-order valence-corrected chi connectivity index (χ1v) is 17.4. The van der Waals surface area contributed by atoms with Gasteiger partial charge in [0.05, 0.1) is 0 Å². The van der Waals surface area contributed by atoms with Crippen LogP contribution >= 0.6 is 0 Å². The van der Waals surface area contributed by atoms with E-state index in [1.165, 1.54) is 61.6 Å². The topological polar surface area (TPSA) is 0 Å². The number of rotatable bonds is 3. The van der Waals surface area contributed by atoms with Gasteiger partial charge < -0.3 is 0 Å². The predicted octanol–water partition coefficient (Wildman–Crippen LogP) is 12.6. The zero-order valence-electron chi connectivity index (χ0n) is 31.4. The van der Waals surface area contributed by atoms with Crippen LogP contribution in [0.15, 0.2) is 60.7 Å². The van der Waals surface area contributed by atoms with Gasteiger partial charge in [-0.2, -0.15) is 0 Å². The van der Waals surface area contributed by atoms with E-state index in [2.05, 4.69) is 169 Å². The smallest absolute Gasteiger partial charge is 0.0579 e. The van der Waals surface area contributed by atoms with Gasteiger partial charge in [0.1, 0.15) is 0 Å². The van der Waals surface area contributed by atoms with Crippen molar-refractivity contribution in [2.24, 2.45) is 0 Å². The molecule has 6 aliphatic carbocycles. The third kappa shape index (κ3) is 8.44. The molecular formula is C47H56Fe+2. The molecule has 250 valence electrons. The van der Waals surface area contributed by atoms with Crippen molar-refractivity contribution >= 4 is 0 Å². The van der Waals surface area contributed by atoms with Gasteiger partial charge in [-0.25, -0.2) is 0 Å². The molecule has 6 rings (SSSR count). The van der Waals surface area contributed by atoms with Gasteiger partial charge in [-0.1, -0.05) is 144 Å². The monoisotopic (exact) mass is 676 g/mol. The van der Waals surface area contributed by atoms with Crippen molar-refractivity contribution in [1.29, 1.82) is 0 Å². The van der Waals surface area contributed by atoms with E-state index in [0.29, 0.717) is 0 Å². The fourth-order valence-corrected chi connectivity index (χ4v) is 6.91. The minimum Gasteiger partial charge on any atom is -0.0579 e. The summed E-state index contributed by atoms with van der Waals surface area (Å²) in [7, 11) is 0. The van der Waals surface area contributed by atoms with Crippen LogP contribution in [0.4, 0.5) is 0 Å². The Hall–Kier alpha value is -2.08. The van der Waals surface area contributed by atoms with E-state index in [9.17, 15) is 0 Å². The van der Waals surface area contributed by atoms with Gasteiger partial charge in [-0.3, -0.25) is 0 Å². The van der Waals surface area contributed by atoms with Gasteiger partial charge >= 0.3 is 17.1 Å². The van der Waals surface area contributed by atoms with Crippen LogP contribution in [0.25, 0.3) is 22.3 Å². The van der Waals surface area contributed by atoms with Crippen LogP contribution in [0.2, 0.25) is 0 Å². The Morgan fingerprint density at radius 2 is 0.688 bits per heavy atom. The quantitative estimate of drug-likeness (QED) is 0.190. The molecule has 1 heteroatoms. The standard InChI is InChI=1S/C42H51.C5H5.Fe/c1-39(2,3)28-17-21-30-32(23-19-28)36(41(7,8)9)25-34(30)38(27-15-13-14-16-27)35-26-37(42(10,11)12)33-24-20-29(40(4,5)6)18-22-31(33)35;1-2-4-5-3-1;/h13-26,38H,1-12H3;1-5H;/q;;+2. The first-order chi connectivity index (χ1) is 21.9. The maximum Gasteiger partial charge on any atom is 2.00 e. The van der Waals surface area contributed by atoms with E-state index in [1.807, 2.05) is 32.1 Å². The van der Waals surface area contributed by atoms with Gasteiger partial charge in [0.2, 0.25) is 0 Å². The maximum atomic E-state index is 2.53. The Morgan fingerprint density at radius 3 is 0.979 bits per heavy atom. The molecule has 0 aromatic heterocycles. The zero-order valence-corrected chi connectivity index (χ0v) is 32.5. The summed E-state index contributed by atoms with van der Waals surface area (Å²) in [5.41, 5.74) is 14.1. The van der Waals surface area contributed by atoms with Crippen molar-refractivity contribution in [1.82, 2.24) is 0 Å². The Balaban J connectivity index is 0.000000794. The van der Waals surface area contributed by atoms with Gasteiger partial charge in [0.25, 0.3) is 0 Å². The van der Waals surface area contributed by atoms with Gasteiger partial charge in [-0.15, -0.1) is 0 Å². The fraction of sp³-hybridized carbons (Fsp3) is 0.362. The van der Waals surface area contributed by atoms with Gasteiger partial charge in [0.15, 0.2) is 0 Å². The third-order valence-corrected chi connectivity index (χ3v) is 9.65. The average Bonchev–Trinajstić information content (AvgIpc) is 3.75. The molecule has 0 amide bonds. The van der Waals surface area contributed by atoms with Crippen LogP contribution in [0, 0.1) is 63.7 Å². The summed E-state index contributed by atoms with van der Waals surface area (Å²) in [6.07, 6.45) is 19.0. The first kappa shape index (κ1) is 38.7. The second-order valence-electron chi connectivity index (χ2n) is 17.5. The molecule has 0 atom stereocenters. The van der Waals surface area contributed by atoms with Crippen LogP contribution in [-0.2, 0) is 38.7 Å². The zero-order chi connectivity index (χ0) is 34.4. The molecule has 0 N–H and O–H groups in total. The molecular weight excluding hydrogens is 620 g/mol. The van der Waals surface area contributed by atoms with Crippen LogP contribution in [0.5, 0.6) is 0 Å². The number of hydrogen-bond donors (Lipinski definition) is 0. The predicted molar refractivity (Wildman–Crippen MR) is 205 cm³/mol. The second kappa shape index (κ2) is 14.6. The van der Waals surface area contributed by atoms with Gasteiger partial charge in [-0.05, 0) is 141 Å². The maximum absolute atomic E-state index is 2.53. The first-order valence-electron chi connectivity index (χ1n) is 17.4. The summed E-state index contributed by atoms with van der Waals surface area (Å²) in [4.78, 5) is 0. The number of fused-ring (bicyclic) bond motifs is 2. The minimum absolute atomic E-state index is 0. The average molecular weight is 677 g/mol. The molecule has 10 radical (unpaired) electrons. The summed E-state index contributed by atoms with van der Waals surface area (Å²) in [5.74, 6) is 1.50. The number of hydrogen-bond acceptors (Lipinski definition) is 0. The van der Waals surface area contributed by atoms with E-state index in [1.54, 1.807) is 0 Å². The summed E-state index contributed by atoms with van der Waals surface area (Å²) >= 11 is 0. The Labute approximate surface area is 306 Å². The molecule has 6 aliphatic rings. The third-order valence-electron chi connectivity index (χ3n) is 9.65. The van der Waals surface area contributed by atoms with Crippen molar-refractivity contribution in [2.45, 2.75) is 111 Å². The van der Waals surface area contributed by atoms with Crippen molar-refractivity contribution in [3.63, 3.8) is 0 Å².